The van der Waals surface area contributed by atoms with Crippen molar-refractivity contribution in [2.45, 2.75) is 46.8 Å². The van der Waals surface area contributed by atoms with Crippen molar-refractivity contribution in [3.63, 3.8) is 0 Å². The fourth-order valence-electron chi connectivity index (χ4n) is 2.56. The summed E-state index contributed by atoms with van der Waals surface area (Å²) in [6, 6.07) is 5.00. The van der Waals surface area contributed by atoms with Gasteiger partial charge in [0.1, 0.15) is 12.1 Å². The minimum atomic E-state index is -0.732. The maximum atomic E-state index is 12.9. The number of nitrogens with zero attached hydrogens (tertiary/aromatic N) is 4. The van der Waals surface area contributed by atoms with Crippen LogP contribution in [0.25, 0.3) is 10.9 Å². The van der Waals surface area contributed by atoms with E-state index < -0.39 is 23.3 Å². The summed E-state index contributed by atoms with van der Waals surface area (Å²) < 4.78 is 19.5. The van der Waals surface area contributed by atoms with Crippen molar-refractivity contribution in [2.24, 2.45) is 5.73 Å². The Morgan fingerprint density at radius 2 is 1.81 bits per heavy atom. The average molecular weight is 425 g/mol. The van der Waals surface area contributed by atoms with Gasteiger partial charge < -0.3 is 10.5 Å². The highest BCUT2D eigenvalue weighted by Crippen LogP contribution is 2.21. The molecule has 162 valence electrons. The van der Waals surface area contributed by atoms with Crippen LogP contribution in [-0.4, -0.2) is 37.2 Å². The second kappa shape index (κ2) is 9.80. The molecule has 2 N–H and O–H groups in total. The van der Waals surface area contributed by atoms with Crippen molar-refractivity contribution in [3.05, 3.63) is 53.5 Å². The van der Waals surface area contributed by atoms with E-state index in [9.17, 15) is 14.0 Å². The molecule has 3 rings (SSSR count). The van der Waals surface area contributed by atoms with Gasteiger partial charge in [0.25, 0.3) is 5.91 Å². The fourth-order valence-corrected chi connectivity index (χ4v) is 2.56. The van der Waals surface area contributed by atoms with Gasteiger partial charge in [0.05, 0.1) is 17.9 Å². The molecule has 0 radical (unpaired) electrons. The number of benzene rings is 1. The van der Waals surface area contributed by atoms with Crippen LogP contribution in [0.3, 0.4) is 0 Å². The molecule has 1 aromatic carbocycles. The number of aromatic nitrogens is 4. The van der Waals surface area contributed by atoms with Crippen LogP contribution in [0.2, 0.25) is 0 Å². The molecule has 9 heteroatoms. The maximum absolute atomic E-state index is 12.9. The van der Waals surface area contributed by atoms with Gasteiger partial charge in [0.15, 0.2) is 11.5 Å². The lowest BCUT2D eigenvalue weighted by molar-refractivity contribution is -0.155. The van der Waals surface area contributed by atoms with Gasteiger partial charge in [-0.05, 0) is 44.9 Å². The number of fused-ring (bicyclic) bond motifs is 1. The predicted molar refractivity (Wildman–Crippen MR) is 113 cm³/mol. The monoisotopic (exact) mass is 425 g/mol. The zero-order valence-corrected chi connectivity index (χ0v) is 18.1. The molecule has 8 nitrogen and oxygen atoms in total. The lowest BCUT2D eigenvalue weighted by Crippen LogP contribution is -2.27. The lowest BCUT2D eigenvalue weighted by atomic mass is 10.1. The van der Waals surface area contributed by atoms with E-state index in [1.165, 1.54) is 4.68 Å². The summed E-state index contributed by atoms with van der Waals surface area (Å²) in [5.41, 5.74) is 5.89. The zero-order valence-electron chi connectivity index (χ0n) is 18.1. The highest BCUT2D eigenvalue weighted by Gasteiger charge is 2.20. The first-order chi connectivity index (χ1) is 14.6. The molecule has 0 aliphatic carbocycles. The van der Waals surface area contributed by atoms with Crippen molar-refractivity contribution in [2.75, 3.05) is 0 Å². The molecule has 0 unspecified atom stereocenters. The number of carbonyl (C=O) groups excluding carboxylic acids is 2. The number of rotatable bonds is 3. The highest BCUT2D eigenvalue weighted by atomic mass is 19.1. The molecule has 0 saturated heterocycles. The Hall–Kier alpha value is -3.80. The number of amides is 1. The Kier molecular flexibility index (Phi) is 7.42. The molecule has 2 heterocycles. The number of nitrogens with two attached hydrogens (primary N) is 1. The van der Waals surface area contributed by atoms with E-state index in [0.717, 1.165) is 12.4 Å². The first-order valence-corrected chi connectivity index (χ1v) is 9.64. The fraction of sp³-hybridized carbons (Fsp3) is 0.318. The third-order valence-electron chi connectivity index (χ3n) is 3.62. The van der Waals surface area contributed by atoms with E-state index in [0.29, 0.717) is 16.5 Å². The van der Waals surface area contributed by atoms with Crippen molar-refractivity contribution in [3.8, 4) is 11.8 Å². The minimum Gasteiger partial charge on any atom is -0.459 e. The van der Waals surface area contributed by atoms with Crippen LogP contribution < -0.4 is 5.73 Å². The number of carbonyl (C=O) groups is 2. The topological polar surface area (TPSA) is 113 Å². The van der Waals surface area contributed by atoms with Gasteiger partial charge in [-0.15, -0.1) is 0 Å². The quantitative estimate of drug-likeness (QED) is 0.510. The van der Waals surface area contributed by atoms with Crippen LogP contribution in [-0.2, 0) is 16.1 Å². The Labute approximate surface area is 179 Å². The lowest BCUT2D eigenvalue weighted by Gasteiger charge is -2.19. The molecule has 3 aromatic rings. The zero-order chi connectivity index (χ0) is 23.2. The van der Waals surface area contributed by atoms with Crippen LogP contribution in [0.15, 0.2) is 30.6 Å². The molecule has 0 bridgehead atoms. The third-order valence-corrected chi connectivity index (χ3v) is 3.62. The number of primary amides is 1. The molecule has 0 saturated carbocycles. The van der Waals surface area contributed by atoms with Gasteiger partial charge in [-0.25, -0.2) is 14.4 Å². The van der Waals surface area contributed by atoms with Gasteiger partial charge in [0.2, 0.25) is 5.82 Å². The van der Waals surface area contributed by atoms with Crippen molar-refractivity contribution in [1.82, 2.24) is 19.7 Å². The van der Waals surface area contributed by atoms with Gasteiger partial charge in [-0.1, -0.05) is 19.8 Å². The Balaban J connectivity index is 0.00000166. The smallest absolute Gasteiger partial charge is 0.328 e. The van der Waals surface area contributed by atoms with Gasteiger partial charge in [0, 0.05) is 10.9 Å². The molecule has 31 heavy (non-hydrogen) atoms. The number of hydrogen-bond acceptors (Lipinski definition) is 6. The Morgan fingerprint density at radius 1 is 1.16 bits per heavy atom. The predicted octanol–water partition coefficient (Wildman–Crippen LogP) is 2.83. The first-order valence-electron chi connectivity index (χ1n) is 9.64. The normalized spacial score (nSPS) is 10.5. The summed E-state index contributed by atoms with van der Waals surface area (Å²) in [5.74, 6) is 3.93. The van der Waals surface area contributed by atoms with E-state index in [1.54, 1.807) is 39.0 Å². The van der Waals surface area contributed by atoms with Crippen molar-refractivity contribution >= 4 is 22.8 Å². The largest absolute Gasteiger partial charge is 0.459 e. The number of halogens is 1. The number of hydrogen-bond donors (Lipinski definition) is 1. The summed E-state index contributed by atoms with van der Waals surface area (Å²) in [4.78, 5) is 31.5. The minimum absolute atomic E-state index is 0.0187. The summed E-state index contributed by atoms with van der Waals surface area (Å²) >= 11 is 0. The summed E-state index contributed by atoms with van der Waals surface area (Å²) in [7, 11) is 0. The molecule has 0 atom stereocenters. The van der Waals surface area contributed by atoms with Gasteiger partial charge in [-0.2, -0.15) is 5.10 Å². The first kappa shape index (κ1) is 23.5. The van der Waals surface area contributed by atoms with Crippen LogP contribution in [0.4, 0.5) is 4.39 Å². The van der Waals surface area contributed by atoms with Crippen LogP contribution in [0.5, 0.6) is 0 Å². The van der Waals surface area contributed by atoms with E-state index in [2.05, 4.69) is 26.9 Å². The van der Waals surface area contributed by atoms with E-state index >= 15 is 0 Å². The van der Waals surface area contributed by atoms with Gasteiger partial charge >= 0.3 is 5.97 Å². The molecule has 1 amide bonds. The van der Waals surface area contributed by atoms with E-state index in [1.807, 2.05) is 13.8 Å². The number of ether oxygens (including phenoxy) is 1. The van der Waals surface area contributed by atoms with Crippen LogP contribution in [0, 0.1) is 17.7 Å². The van der Waals surface area contributed by atoms with Crippen molar-refractivity contribution in [1.29, 1.82) is 0 Å². The van der Waals surface area contributed by atoms with Crippen molar-refractivity contribution < 1.29 is 18.7 Å². The number of esters is 1. The Bertz CT molecular complexity index is 1150. The molecule has 0 spiro atoms. The summed E-state index contributed by atoms with van der Waals surface area (Å²) in [6.07, 6.45) is 2.04. The maximum Gasteiger partial charge on any atom is 0.328 e. The molecular formula is C22H24FN5O3. The second-order valence-corrected chi connectivity index (χ2v) is 7.16. The van der Waals surface area contributed by atoms with E-state index in [-0.39, 0.29) is 18.1 Å². The summed E-state index contributed by atoms with van der Waals surface area (Å²) in [5, 5.41) is 4.61. The summed E-state index contributed by atoms with van der Waals surface area (Å²) in [6.45, 7) is 9.11. The second-order valence-electron chi connectivity index (χ2n) is 7.16. The van der Waals surface area contributed by atoms with Gasteiger partial charge in [-0.3, -0.25) is 14.3 Å². The SMILES string of the molecule is CC.CC(C)(C)OC(=O)Cn1nc(C(N)=O)c2cc(C#Cc3ncc(F)cn3)ccc21. The Morgan fingerprint density at radius 3 is 2.39 bits per heavy atom. The standard InChI is InChI=1S/C20H18FN5O3.C2H6/c1-20(2,3)29-17(27)11-26-15-6-4-12(8-14(15)18(25-26)19(22)28)5-7-16-23-9-13(21)10-24-16;1-2/h4,6,8-10H,11H2,1-3H3,(H2,22,28);1-2H3. The van der Waals surface area contributed by atoms with Crippen LogP contribution in [0.1, 0.15) is 56.5 Å². The molecule has 2 aromatic heterocycles. The molecule has 0 aliphatic heterocycles. The van der Waals surface area contributed by atoms with E-state index in [4.69, 9.17) is 10.5 Å². The third kappa shape index (κ3) is 6.34. The molecule has 0 fully saturated rings. The molecular weight excluding hydrogens is 401 g/mol. The molecule has 0 aliphatic rings. The highest BCUT2D eigenvalue weighted by molar-refractivity contribution is 6.04. The average Bonchev–Trinajstić information content (AvgIpc) is 3.05. The van der Waals surface area contributed by atoms with Crippen LogP contribution >= 0.6 is 0 Å².